The monoisotopic (exact) mass is 225 g/mol. The first-order chi connectivity index (χ1) is 5.86. The van der Waals surface area contributed by atoms with Gasteiger partial charge in [0.05, 0.1) is 5.56 Å². The van der Waals surface area contributed by atoms with E-state index in [0.717, 1.165) is 5.56 Å². The third-order valence-electron chi connectivity index (χ3n) is 1.28. The van der Waals surface area contributed by atoms with E-state index in [1.165, 1.54) is 12.6 Å². The van der Waals surface area contributed by atoms with Gasteiger partial charge in [-0.05, 0) is 15.9 Å². The Morgan fingerprint density at radius 2 is 2.00 bits per heavy atom. The molecule has 0 aromatic carbocycles. The van der Waals surface area contributed by atoms with E-state index in [1.54, 1.807) is 12.4 Å². The molecule has 2 aromatic heterocycles. The van der Waals surface area contributed by atoms with Crippen molar-refractivity contribution in [2.75, 3.05) is 0 Å². The van der Waals surface area contributed by atoms with Crippen molar-refractivity contribution in [2.45, 2.75) is 0 Å². The van der Waals surface area contributed by atoms with Crippen LogP contribution in [0.25, 0.3) is 11.5 Å². The van der Waals surface area contributed by atoms with E-state index in [0.29, 0.717) is 10.5 Å². The highest BCUT2D eigenvalue weighted by atomic mass is 79.9. The number of aromatic nitrogens is 3. The third kappa shape index (κ3) is 1.35. The molecule has 0 aliphatic carbocycles. The van der Waals surface area contributed by atoms with Gasteiger partial charge >= 0.3 is 0 Å². The average molecular weight is 226 g/mol. The first-order valence-electron chi connectivity index (χ1n) is 3.22. The number of nitrogens with zero attached hydrogens (tertiary/aromatic N) is 3. The van der Waals surface area contributed by atoms with Crippen LogP contribution in [0.1, 0.15) is 0 Å². The minimum Gasteiger partial charge on any atom is -0.443 e. The molecule has 0 radical (unpaired) electrons. The molecule has 4 nitrogen and oxygen atoms in total. The van der Waals surface area contributed by atoms with Gasteiger partial charge in [0.15, 0.2) is 0 Å². The molecule has 60 valence electrons. The van der Waals surface area contributed by atoms with Gasteiger partial charge < -0.3 is 4.42 Å². The number of hydrogen-bond donors (Lipinski definition) is 0. The van der Waals surface area contributed by atoms with Crippen molar-refractivity contribution < 1.29 is 4.42 Å². The average Bonchev–Trinajstić information content (AvgIpc) is 2.54. The zero-order chi connectivity index (χ0) is 8.39. The zero-order valence-corrected chi connectivity index (χ0v) is 7.52. The Morgan fingerprint density at radius 3 is 2.58 bits per heavy atom. The van der Waals surface area contributed by atoms with Crippen LogP contribution in [0.4, 0.5) is 0 Å². The van der Waals surface area contributed by atoms with Gasteiger partial charge in [-0.25, -0.2) is 15.0 Å². The highest BCUT2D eigenvalue weighted by molar-refractivity contribution is 9.10. The van der Waals surface area contributed by atoms with Crippen molar-refractivity contribution in [3.05, 3.63) is 29.6 Å². The Hall–Kier alpha value is -1.23. The summed E-state index contributed by atoms with van der Waals surface area (Å²) in [6.07, 6.45) is 6.26. The predicted molar refractivity (Wildman–Crippen MR) is 45.2 cm³/mol. The Kier molecular flexibility index (Phi) is 1.87. The molecule has 0 fully saturated rings. The first-order valence-corrected chi connectivity index (χ1v) is 4.02. The van der Waals surface area contributed by atoms with Crippen molar-refractivity contribution in [2.24, 2.45) is 0 Å². The van der Waals surface area contributed by atoms with Crippen molar-refractivity contribution >= 4 is 15.9 Å². The van der Waals surface area contributed by atoms with Gasteiger partial charge in [0.1, 0.15) is 17.2 Å². The fourth-order valence-electron chi connectivity index (χ4n) is 0.796. The maximum Gasteiger partial charge on any atom is 0.230 e. The van der Waals surface area contributed by atoms with Gasteiger partial charge in [0.2, 0.25) is 5.89 Å². The molecule has 5 heteroatoms. The van der Waals surface area contributed by atoms with Crippen LogP contribution >= 0.6 is 15.9 Å². The summed E-state index contributed by atoms with van der Waals surface area (Å²) in [7, 11) is 0. The van der Waals surface area contributed by atoms with Crippen LogP contribution in [0.2, 0.25) is 0 Å². The number of oxazole rings is 1. The molecule has 0 bridgehead atoms. The lowest BCUT2D eigenvalue weighted by molar-refractivity contribution is 0.573. The first kappa shape index (κ1) is 7.42. The summed E-state index contributed by atoms with van der Waals surface area (Å²) in [6, 6.07) is 0. The van der Waals surface area contributed by atoms with Gasteiger partial charge in [0.25, 0.3) is 0 Å². The summed E-state index contributed by atoms with van der Waals surface area (Å²) >= 11 is 3.18. The van der Waals surface area contributed by atoms with E-state index >= 15 is 0 Å². The number of hydrogen-bond acceptors (Lipinski definition) is 4. The maximum absolute atomic E-state index is 5.11. The molecule has 0 unspecified atom stereocenters. The quantitative estimate of drug-likeness (QED) is 0.744. The molecule has 0 saturated carbocycles. The molecule has 2 aromatic rings. The van der Waals surface area contributed by atoms with Gasteiger partial charge in [-0.2, -0.15) is 0 Å². The molecule has 0 saturated heterocycles. The smallest absolute Gasteiger partial charge is 0.230 e. The lowest BCUT2D eigenvalue weighted by Crippen LogP contribution is -1.80. The fourth-order valence-corrected chi connectivity index (χ4v) is 1.05. The van der Waals surface area contributed by atoms with Crippen LogP contribution in [-0.2, 0) is 0 Å². The van der Waals surface area contributed by atoms with Crippen LogP contribution in [-0.4, -0.2) is 15.0 Å². The lowest BCUT2D eigenvalue weighted by Gasteiger charge is -1.89. The van der Waals surface area contributed by atoms with Gasteiger partial charge in [-0.3, -0.25) is 0 Å². The minimum absolute atomic E-state index is 0.516. The van der Waals surface area contributed by atoms with E-state index in [-0.39, 0.29) is 0 Å². The Labute approximate surface area is 76.8 Å². The Bertz CT molecular complexity index is 373. The summed E-state index contributed by atoms with van der Waals surface area (Å²) in [5.41, 5.74) is 0.767. The van der Waals surface area contributed by atoms with Crippen molar-refractivity contribution in [1.82, 2.24) is 15.0 Å². The van der Waals surface area contributed by atoms with Gasteiger partial charge in [0, 0.05) is 12.4 Å². The summed E-state index contributed by atoms with van der Waals surface area (Å²) in [4.78, 5) is 11.7. The molecule has 0 aliphatic rings. The van der Waals surface area contributed by atoms with Gasteiger partial charge in [-0.1, -0.05) is 0 Å². The molecular formula is C7H4BrN3O. The lowest BCUT2D eigenvalue weighted by atomic mass is 10.3. The maximum atomic E-state index is 5.11. The van der Waals surface area contributed by atoms with E-state index in [4.69, 9.17) is 4.42 Å². The van der Waals surface area contributed by atoms with E-state index in [1.807, 2.05) is 0 Å². The second-order valence-electron chi connectivity index (χ2n) is 2.10. The highest BCUT2D eigenvalue weighted by Gasteiger charge is 2.03. The highest BCUT2D eigenvalue weighted by Crippen LogP contribution is 2.18. The van der Waals surface area contributed by atoms with Crippen LogP contribution in [0, 0.1) is 0 Å². The standard InChI is InChI=1S/C7H4BrN3O/c8-6-3-12-7(11-6)5-1-9-4-10-2-5/h1-4H. The van der Waals surface area contributed by atoms with Crippen molar-refractivity contribution in [3.8, 4) is 11.5 Å². The van der Waals surface area contributed by atoms with E-state index in [9.17, 15) is 0 Å². The molecule has 0 atom stereocenters. The Morgan fingerprint density at radius 1 is 1.25 bits per heavy atom. The van der Waals surface area contributed by atoms with E-state index in [2.05, 4.69) is 30.9 Å². The minimum atomic E-state index is 0.516. The van der Waals surface area contributed by atoms with Gasteiger partial charge in [-0.15, -0.1) is 0 Å². The van der Waals surface area contributed by atoms with Crippen molar-refractivity contribution in [3.63, 3.8) is 0 Å². The molecule has 0 spiro atoms. The summed E-state index contributed by atoms with van der Waals surface area (Å²) in [5, 5.41) is 0. The second-order valence-corrected chi connectivity index (χ2v) is 2.92. The largest absolute Gasteiger partial charge is 0.443 e. The van der Waals surface area contributed by atoms with Crippen LogP contribution in [0.5, 0.6) is 0 Å². The number of halogens is 1. The topological polar surface area (TPSA) is 51.8 Å². The van der Waals surface area contributed by atoms with Crippen molar-refractivity contribution in [1.29, 1.82) is 0 Å². The van der Waals surface area contributed by atoms with E-state index < -0.39 is 0 Å². The molecule has 2 heterocycles. The summed E-state index contributed by atoms with van der Waals surface area (Å²) < 4.78 is 5.78. The second kappa shape index (κ2) is 3.02. The fraction of sp³-hybridized carbons (Fsp3) is 0. The third-order valence-corrected chi connectivity index (χ3v) is 1.65. The Balaban J connectivity index is 2.45. The van der Waals surface area contributed by atoms with Crippen LogP contribution < -0.4 is 0 Å². The molecule has 0 aliphatic heterocycles. The molecule has 0 amide bonds. The molecular weight excluding hydrogens is 222 g/mol. The molecule has 0 N–H and O–H groups in total. The molecule has 12 heavy (non-hydrogen) atoms. The zero-order valence-electron chi connectivity index (χ0n) is 5.94. The SMILES string of the molecule is Brc1coc(-c2cncnc2)n1. The van der Waals surface area contributed by atoms with Crippen LogP contribution in [0.3, 0.4) is 0 Å². The van der Waals surface area contributed by atoms with Crippen LogP contribution in [0.15, 0.2) is 34.0 Å². The predicted octanol–water partition coefficient (Wildman–Crippen LogP) is 1.89. The molecule has 2 rings (SSSR count). The normalized spacial score (nSPS) is 10.1. The number of rotatable bonds is 1. The summed E-state index contributed by atoms with van der Waals surface area (Å²) in [6.45, 7) is 0. The summed E-state index contributed by atoms with van der Waals surface area (Å²) in [5.74, 6) is 0.516.